The number of ether oxygens (including phenoxy) is 2. The van der Waals surface area contributed by atoms with Gasteiger partial charge in [0, 0.05) is 12.2 Å². The number of carbonyl (C=O) groups excluding carboxylic acids is 1. The van der Waals surface area contributed by atoms with Gasteiger partial charge in [0.2, 0.25) is 0 Å². The summed E-state index contributed by atoms with van der Waals surface area (Å²) >= 11 is 0. The van der Waals surface area contributed by atoms with Crippen molar-refractivity contribution >= 4 is 12.3 Å². The number of carboxylic acids is 1. The van der Waals surface area contributed by atoms with Crippen LogP contribution in [0.2, 0.25) is 0 Å². The van der Waals surface area contributed by atoms with Gasteiger partial charge in [0.05, 0.1) is 0 Å². The average Bonchev–Trinajstić information content (AvgIpc) is 3.05. The summed E-state index contributed by atoms with van der Waals surface area (Å²) in [6, 6.07) is 6.67. The molecule has 0 saturated carbocycles. The molecule has 0 bridgehead atoms. The van der Waals surface area contributed by atoms with Gasteiger partial charge in [-0.2, -0.15) is 4.80 Å². The molecule has 126 valence electrons. The van der Waals surface area contributed by atoms with Crippen molar-refractivity contribution in [3.63, 3.8) is 0 Å². The molecule has 8 heteroatoms. The zero-order valence-electron chi connectivity index (χ0n) is 12.9. The summed E-state index contributed by atoms with van der Waals surface area (Å²) in [6.07, 6.45) is 3.28. The monoisotopic (exact) mass is 331 g/mol. The molecule has 1 atom stereocenters. The maximum absolute atomic E-state index is 11.3. The third-order valence-corrected chi connectivity index (χ3v) is 3.67. The summed E-state index contributed by atoms with van der Waals surface area (Å²) in [5, 5.41) is 17.2. The smallest absolute Gasteiger partial charge is 0.341 e. The Kier molecular flexibility index (Phi) is 4.85. The predicted molar refractivity (Wildman–Crippen MR) is 82.8 cm³/mol. The number of rotatable bonds is 6. The molecule has 1 aliphatic rings. The van der Waals surface area contributed by atoms with Crippen LogP contribution in [0.5, 0.6) is 5.75 Å². The number of nitrogens with zero attached hydrogens (tertiary/aromatic N) is 3. The minimum Gasteiger partial charge on any atom is -0.482 e. The average molecular weight is 331 g/mol. The van der Waals surface area contributed by atoms with Crippen LogP contribution >= 0.6 is 0 Å². The van der Waals surface area contributed by atoms with Gasteiger partial charge in [0.15, 0.2) is 24.8 Å². The van der Waals surface area contributed by atoms with Gasteiger partial charge in [-0.25, -0.2) is 4.79 Å². The number of carboxylic acid groups (broad SMARTS) is 1. The molecule has 3 rings (SSSR count). The zero-order valence-corrected chi connectivity index (χ0v) is 12.9. The Labute approximate surface area is 138 Å². The van der Waals surface area contributed by atoms with Gasteiger partial charge < -0.3 is 14.6 Å². The van der Waals surface area contributed by atoms with Crippen LogP contribution < -0.4 is 4.74 Å². The third-order valence-electron chi connectivity index (χ3n) is 3.67. The van der Waals surface area contributed by atoms with Crippen LogP contribution in [-0.4, -0.2) is 45.6 Å². The van der Waals surface area contributed by atoms with Crippen LogP contribution in [0.3, 0.4) is 0 Å². The molecule has 2 aromatic rings. The molecule has 1 unspecified atom stereocenters. The second-order valence-electron chi connectivity index (χ2n) is 5.40. The SMILES string of the molecule is O=Cc1nn(C2CCCCO2)nc1-c1ccc(OCC(=O)O)cc1. The van der Waals surface area contributed by atoms with E-state index in [1.54, 1.807) is 24.3 Å². The highest BCUT2D eigenvalue weighted by Crippen LogP contribution is 2.26. The van der Waals surface area contributed by atoms with Gasteiger partial charge in [-0.3, -0.25) is 4.79 Å². The Balaban J connectivity index is 1.81. The van der Waals surface area contributed by atoms with Gasteiger partial charge in [-0.15, -0.1) is 10.2 Å². The van der Waals surface area contributed by atoms with E-state index in [2.05, 4.69) is 10.2 Å². The molecule has 8 nitrogen and oxygen atoms in total. The van der Waals surface area contributed by atoms with Crippen molar-refractivity contribution in [1.82, 2.24) is 15.0 Å². The molecule has 0 amide bonds. The Morgan fingerprint density at radius 1 is 1.33 bits per heavy atom. The van der Waals surface area contributed by atoms with E-state index < -0.39 is 12.6 Å². The van der Waals surface area contributed by atoms with Gasteiger partial charge in [-0.1, -0.05) is 0 Å². The number of aliphatic carboxylic acids is 1. The normalized spacial score (nSPS) is 17.4. The molecule has 0 aliphatic carbocycles. The number of hydrogen-bond donors (Lipinski definition) is 1. The third kappa shape index (κ3) is 3.60. The summed E-state index contributed by atoms with van der Waals surface area (Å²) < 4.78 is 10.7. The number of benzene rings is 1. The van der Waals surface area contributed by atoms with E-state index in [4.69, 9.17) is 14.6 Å². The van der Waals surface area contributed by atoms with Gasteiger partial charge in [-0.05, 0) is 43.5 Å². The van der Waals surface area contributed by atoms with Crippen LogP contribution in [0.15, 0.2) is 24.3 Å². The first-order valence-corrected chi connectivity index (χ1v) is 7.66. The number of carbonyl (C=O) groups is 2. The fourth-order valence-electron chi connectivity index (χ4n) is 2.51. The van der Waals surface area contributed by atoms with Crippen molar-refractivity contribution in [2.75, 3.05) is 13.2 Å². The van der Waals surface area contributed by atoms with E-state index >= 15 is 0 Å². The molecule has 1 aromatic carbocycles. The molecule has 2 heterocycles. The van der Waals surface area contributed by atoms with E-state index in [1.807, 2.05) is 0 Å². The summed E-state index contributed by atoms with van der Waals surface area (Å²) in [7, 11) is 0. The lowest BCUT2D eigenvalue weighted by Gasteiger charge is -2.21. The van der Waals surface area contributed by atoms with Crippen molar-refractivity contribution in [1.29, 1.82) is 0 Å². The fourth-order valence-corrected chi connectivity index (χ4v) is 2.51. The Hall–Kier alpha value is -2.74. The molecule has 0 radical (unpaired) electrons. The van der Waals surface area contributed by atoms with Gasteiger partial charge >= 0.3 is 5.97 Å². The quantitative estimate of drug-likeness (QED) is 0.806. The standard InChI is InChI=1S/C16H17N3O5/c20-9-13-16(18-19(17-13)14-3-1-2-8-23-14)11-4-6-12(7-5-11)24-10-15(21)22/h4-7,9,14H,1-3,8,10H2,(H,21,22). The lowest BCUT2D eigenvalue weighted by Crippen LogP contribution is -2.20. The molecule has 1 aliphatic heterocycles. The first kappa shape index (κ1) is 16.1. The molecule has 1 saturated heterocycles. The van der Waals surface area contributed by atoms with Gasteiger partial charge in [0.1, 0.15) is 11.4 Å². The molecular formula is C16H17N3O5. The first-order chi connectivity index (χ1) is 11.7. The van der Waals surface area contributed by atoms with Crippen molar-refractivity contribution in [2.45, 2.75) is 25.5 Å². The molecular weight excluding hydrogens is 314 g/mol. The van der Waals surface area contributed by atoms with Crippen molar-refractivity contribution in [2.24, 2.45) is 0 Å². The van der Waals surface area contributed by atoms with Crippen LogP contribution in [0, 0.1) is 0 Å². The molecule has 0 spiro atoms. The van der Waals surface area contributed by atoms with Crippen molar-refractivity contribution in [3.05, 3.63) is 30.0 Å². The Bertz CT molecular complexity index is 720. The maximum Gasteiger partial charge on any atom is 0.341 e. The number of aldehydes is 1. The number of aromatic nitrogens is 3. The minimum absolute atomic E-state index is 0.239. The summed E-state index contributed by atoms with van der Waals surface area (Å²) in [5.74, 6) is -0.616. The second-order valence-corrected chi connectivity index (χ2v) is 5.40. The first-order valence-electron chi connectivity index (χ1n) is 7.66. The lowest BCUT2D eigenvalue weighted by molar-refractivity contribution is -0.139. The molecule has 24 heavy (non-hydrogen) atoms. The summed E-state index contributed by atoms with van der Waals surface area (Å²) in [5.41, 5.74) is 1.40. The lowest BCUT2D eigenvalue weighted by atomic mass is 10.1. The highest BCUT2D eigenvalue weighted by molar-refractivity contribution is 5.83. The van der Waals surface area contributed by atoms with E-state index in [0.717, 1.165) is 19.3 Å². The highest BCUT2D eigenvalue weighted by atomic mass is 16.5. The maximum atomic E-state index is 11.3. The zero-order chi connectivity index (χ0) is 16.9. The summed E-state index contributed by atoms with van der Waals surface area (Å²) in [4.78, 5) is 23.2. The van der Waals surface area contributed by atoms with E-state index in [-0.39, 0.29) is 11.9 Å². The Morgan fingerprint density at radius 3 is 2.75 bits per heavy atom. The largest absolute Gasteiger partial charge is 0.482 e. The van der Waals surface area contributed by atoms with E-state index in [9.17, 15) is 9.59 Å². The van der Waals surface area contributed by atoms with E-state index in [0.29, 0.717) is 29.9 Å². The van der Waals surface area contributed by atoms with Crippen LogP contribution in [0.4, 0.5) is 0 Å². The second kappa shape index (κ2) is 7.22. The van der Waals surface area contributed by atoms with E-state index in [1.165, 1.54) is 4.80 Å². The van der Waals surface area contributed by atoms with Crippen LogP contribution in [0.25, 0.3) is 11.3 Å². The highest BCUT2D eigenvalue weighted by Gasteiger charge is 2.21. The molecule has 1 fully saturated rings. The predicted octanol–water partition coefficient (Wildman–Crippen LogP) is 1.92. The summed E-state index contributed by atoms with van der Waals surface area (Å²) in [6.45, 7) is 0.252. The van der Waals surface area contributed by atoms with Gasteiger partial charge in [0.25, 0.3) is 0 Å². The van der Waals surface area contributed by atoms with Crippen LogP contribution in [-0.2, 0) is 9.53 Å². The minimum atomic E-state index is -1.04. The van der Waals surface area contributed by atoms with Crippen LogP contribution in [0.1, 0.15) is 36.0 Å². The van der Waals surface area contributed by atoms with Crippen molar-refractivity contribution in [3.8, 4) is 17.0 Å². The topological polar surface area (TPSA) is 104 Å². The Morgan fingerprint density at radius 2 is 2.12 bits per heavy atom. The fraction of sp³-hybridized carbons (Fsp3) is 0.375. The molecule has 1 N–H and O–H groups in total. The number of hydrogen-bond acceptors (Lipinski definition) is 6. The molecule has 1 aromatic heterocycles. The van der Waals surface area contributed by atoms with Crippen molar-refractivity contribution < 1.29 is 24.2 Å².